The van der Waals surface area contributed by atoms with Crippen LogP contribution in [0, 0.1) is 21.8 Å². The molecule has 0 unspecified atom stereocenters. The first-order valence-electron chi connectivity index (χ1n) is 10.0. The molecule has 0 bridgehead atoms. The van der Waals surface area contributed by atoms with E-state index in [1.54, 1.807) is 18.2 Å². The van der Waals surface area contributed by atoms with Crippen molar-refractivity contribution in [1.29, 1.82) is 0 Å². The standard InChI is InChI=1S/C23H14Cl2FN3O5/c24-12-4-9-17(18(25)10-12)20-19-21(34-28(20)15-2-1-3-16(11-15)29(32)33)23(31)27(22(19)30)14-7-5-13(26)6-8-14/h1-11,19-21H/t19-,20-,21-/m1/s1. The summed E-state index contributed by atoms with van der Waals surface area (Å²) in [6, 6.07) is 14.4. The second kappa shape index (κ2) is 8.35. The van der Waals surface area contributed by atoms with Gasteiger partial charge < -0.3 is 0 Å². The zero-order chi connectivity index (χ0) is 24.1. The molecular formula is C23H14Cl2FN3O5. The molecule has 0 saturated carbocycles. The molecule has 3 atom stereocenters. The smallest absolute Gasteiger partial charge is 0.271 e. The topological polar surface area (TPSA) is 93.0 Å². The average molecular weight is 502 g/mol. The summed E-state index contributed by atoms with van der Waals surface area (Å²) in [4.78, 5) is 44.4. The summed E-state index contributed by atoms with van der Waals surface area (Å²) in [6.07, 6.45) is -1.21. The summed E-state index contributed by atoms with van der Waals surface area (Å²) >= 11 is 12.5. The van der Waals surface area contributed by atoms with Gasteiger partial charge in [0.05, 0.1) is 22.3 Å². The largest absolute Gasteiger partial charge is 0.273 e. The van der Waals surface area contributed by atoms with Gasteiger partial charge >= 0.3 is 0 Å². The molecule has 5 rings (SSSR count). The van der Waals surface area contributed by atoms with Crippen molar-refractivity contribution in [2.75, 3.05) is 9.96 Å². The van der Waals surface area contributed by atoms with Gasteiger partial charge in [0.15, 0.2) is 6.10 Å². The summed E-state index contributed by atoms with van der Waals surface area (Å²) < 4.78 is 13.4. The van der Waals surface area contributed by atoms with Gasteiger partial charge in [-0.3, -0.25) is 24.5 Å². The van der Waals surface area contributed by atoms with Crippen molar-refractivity contribution in [3.63, 3.8) is 0 Å². The Morgan fingerprint density at radius 2 is 1.68 bits per heavy atom. The number of anilines is 2. The Kier molecular flexibility index (Phi) is 5.47. The maximum atomic E-state index is 13.5. The number of amides is 2. The summed E-state index contributed by atoms with van der Waals surface area (Å²) in [7, 11) is 0. The minimum atomic E-state index is -1.21. The number of non-ortho nitro benzene ring substituents is 1. The normalized spacial score (nSPS) is 21.8. The number of hydrogen-bond donors (Lipinski definition) is 0. The molecule has 0 aliphatic carbocycles. The molecule has 172 valence electrons. The monoisotopic (exact) mass is 501 g/mol. The van der Waals surface area contributed by atoms with E-state index in [0.717, 1.165) is 17.0 Å². The Labute approximate surface area is 202 Å². The van der Waals surface area contributed by atoms with E-state index in [1.807, 2.05) is 0 Å². The highest BCUT2D eigenvalue weighted by Gasteiger charge is 2.60. The molecule has 0 spiro atoms. The van der Waals surface area contributed by atoms with Crippen molar-refractivity contribution in [3.05, 3.63) is 98.3 Å². The Morgan fingerprint density at radius 3 is 2.35 bits per heavy atom. The quantitative estimate of drug-likeness (QED) is 0.280. The molecule has 0 N–H and O–H groups in total. The van der Waals surface area contributed by atoms with E-state index in [2.05, 4.69) is 0 Å². The SMILES string of the molecule is O=C1[C@@H]2[C@@H](c3ccc(Cl)cc3Cl)N(c3cccc([N+](=O)[O-])c3)O[C@H]2C(=O)N1c1ccc(F)cc1. The van der Waals surface area contributed by atoms with E-state index in [9.17, 15) is 24.1 Å². The zero-order valence-corrected chi connectivity index (χ0v) is 18.6. The number of nitro groups is 1. The van der Waals surface area contributed by atoms with Gasteiger partial charge in [-0.15, -0.1) is 0 Å². The molecule has 34 heavy (non-hydrogen) atoms. The maximum absolute atomic E-state index is 13.5. The van der Waals surface area contributed by atoms with Gasteiger partial charge in [0.25, 0.3) is 11.6 Å². The van der Waals surface area contributed by atoms with Crippen molar-refractivity contribution in [1.82, 2.24) is 0 Å². The third-order valence-corrected chi connectivity index (χ3v) is 6.34. The summed E-state index contributed by atoms with van der Waals surface area (Å²) in [5.41, 5.74) is 0.739. The van der Waals surface area contributed by atoms with Crippen molar-refractivity contribution in [2.24, 2.45) is 5.92 Å². The van der Waals surface area contributed by atoms with Crippen LogP contribution in [0.4, 0.5) is 21.5 Å². The number of imide groups is 1. The minimum absolute atomic E-state index is 0.190. The number of carbonyl (C=O) groups excluding carboxylic acids is 2. The van der Waals surface area contributed by atoms with E-state index in [-0.39, 0.29) is 22.1 Å². The zero-order valence-electron chi connectivity index (χ0n) is 17.1. The van der Waals surface area contributed by atoms with Crippen molar-refractivity contribution >= 4 is 52.1 Å². The first-order valence-corrected chi connectivity index (χ1v) is 10.8. The molecule has 2 saturated heterocycles. The van der Waals surface area contributed by atoms with Crippen LogP contribution < -0.4 is 9.96 Å². The first kappa shape index (κ1) is 22.3. The van der Waals surface area contributed by atoms with Crippen molar-refractivity contribution < 1.29 is 23.7 Å². The average Bonchev–Trinajstić information content (AvgIpc) is 3.31. The minimum Gasteiger partial charge on any atom is -0.273 e. The van der Waals surface area contributed by atoms with Crippen LogP contribution in [0.1, 0.15) is 11.6 Å². The van der Waals surface area contributed by atoms with E-state index in [4.69, 9.17) is 28.0 Å². The van der Waals surface area contributed by atoms with Gasteiger partial charge in [-0.1, -0.05) is 35.3 Å². The van der Waals surface area contributed by atoms with Crippen molar-refractivity contribution in [3.8, 4) is 0 Å². The number of rotatable bonds is 4. The maximum Gasteiger partial charge on any atom is 0.271 e. The predicted molar refractivity (Wildman–Crippen MR) is 122 cm³/mol. The highest BCUT2D eigenvalue weighted by Crippen LogP contribution is 2.49. The Bertz CT molecular complexity index is 1340. The van der Waals surface area contributed by atoms with Crippen LogP contribution >= 0.6 is 23.2 Å². The van der Waals surface area contributed by atoms with Crippen LogP contribution in [0.5, 0.6) is 0 Å². The second-order valence-electron chi connectivity index (χ2n) is 7.75. The number of nitro benzene ring substituents is 1. The highest BCUT2D eigenvalue weighted by atomic mass is 35.5. The molecule has 0 radical (unpaired) electrons. The molecular weight excluding hydrogens is 488 g/mol. The summed E-state index contributed by atoms with van der Waals surface area (Å²) in [5, 5.41) is 13.2. The van der Waals surface area contributed by atoms with Gasteiger partial charge in [-0.05, 0) is 48.0 Å². The van der Waals surface area contributed by atoms with Crippen LogP contribution in [0.15, 0.2) is 66.7 Å². The molecule has 2 aliphatic rings. The number of halogens is 3. The Balaban J connectivity index is 1.62. The number of carbonyl (C=O) groups is 2. The summed E-state index contributed by atoms with van der Waals surface area (Å²) in [5.74, 6) is -2.73. The predicted octanol–water partition coefficient (Wildman–Crippen LogP) is 5.09. The van der Waals surface area contributed by atoms with Gasteiger partial charge in [0.1, 0.15) is 11.7 Å². The van der Waals surface area contributed by atoms with E-state index in [1.165, 1.54) is 41.5 Å². The molecule has 2 heterocycles. The van der Waals surface area contributed by atoms with Crippen LogP contribution in [-0.2, 0) is 14.4 Å². The van der Waals surface area contributed by atoms with Crippen LogP contribution in [-0.4, -0.2) is 22.8 Å². The molecule has 2 fully saturated rings. The number of hydroxylamine groups is 1. The fourth-order valence-electron chi connectivity index (χ4n) is 4.28. The lowest BCUT2D eigenvalue weighted by atomic mass is 9.90. The van der Waals surface area contributed by atoms with Gasteiger partial charge in [0.2, 0.25) is 5.91 Å². The van der Waals surface area contributed by atoms with Crippen molar-refractivity contribution in [2.45, 2.75) is 12.1 Å². The Hall–Kier alpha value is -3.53. The third-order valence-electron chi connectivity index (χ3n) is 5.78. The lowest BCUT2D eigenvalue weighted by Gasteiger charge is -2.29. The lowest BCUT2D eigenvalue weighted by molar-refractivity contribution is -0.384. The number of fused-ring (bicyclic) bond motifs is 1. The molecule has 11 heteroatoms. The number of nitrogens with zero attached hydrogens (tertiary/aromatic N) is 3. The molecule has 8 nitrogen and oxygen atoms in total. The molecule has 3 aromatic carbocycles. The van der Waals surface area contributed by atoms with Gasteiger partial charge in [-0.2, -0.15) is 0 Å². The first-order chi connectivity index (χ1) is 16.3. The van der Waals surface area contributed by atoms with E-state index in [0.29, 0.717) is 10.6 Å². The fraction of sp³-hybridized carbons (Fsp3) is 0.130. The fourth-order valence-corrected chi connectivity index (χ4v) is 4.80. The van der Waals surface area contributed by atoms with Crippen LogP contribution in [0.3, 0.4) is 0 Å². The molecule has 0 aromatic heterocycles. The van der Waals surface area contributed by atoms with Crippen LogP contribution in [0.2, 0.25) is 10.0 Å². The number of benzene rings is 3. The third kappa shape index (κ3) is 3.58. The Morgan fingerprint density at radius 1 is 0.941 bits per heavy atom. The van der Waals surface area contributed by atoms with Gasteiger partial charge in [0, 0.05) is 22.2 Å². The lowest BCUT2D eigenvalue weighted by Crippen LogP contribution is -2.37. The molecule has 2 aliphatic heterocycles. The van der Waals surface area contributed by atoms with E-state index >= 15 is 0 Å². The number of hydrogen-bond acceptors (Lipinski definition) is 6. The van der Waals surface area contributed by atoms with E-state index < -0.39 is 40.6 Å². The highest BCUT2D eigenvalue weighted by molar-refractivity contribution is 6.35. The molecule has 3 aromatic rings. The summed E-state index contributed by atoms with van der Waals surface area (Å²) in [6.45, 7) is 0. The molecule has 2 amide bonds. The van der Waals surface area contributed by atoms with Crippen LogP contribution in [0.25, 0.3) is 0 Å². The van der Waals surface area contributed by atoms with Gasteiger partial charge in [-0.25, -0.2) is 14.4 Å². The second-order valence-corrected chi connectivity index (χ2v) is 8.60.